The van der Waals surface area contributed by atoms with Crippen molar-refractivity contribution < 1.29 is 14.3 Å². The van der Waals surface area contributed by atoms with Gasteiger partial charge >= 0.3 is 5.97 Å². The number of aliphatic carboxylic acids is 1. The van der Waals surface area contributed by atoms with Crippen LogP contribution in [-0.2, 0) is 9.22 Å². The maximum absolute atomic E-state index is 11.1. The maximum Gasteiger partial charge on any atom is 0.306 e. The molecule has 4 atom stereocenters. The van der Waals surface area contributed by atoms with Gasteiger partial charge in [0.2, 0.25) is 0 Å². The molecule has 0 unspecified atom stereocenters. The van der Waals surface area contributed by atoms with Crippen LogP contribution in [0.1, 0.15) is 75.2 Å². The van der Waals surface area contributed by atoms with Crippen LogP contribution in [0, 0.1) is 17.8 Å². The normalized spacial score (nSPS) is 18.8. The molecule has 0 aromatic rings. The third kappa shape index (κ3) is 8.78. The Morgan fingerprint density at radius 3 is 2.07 bits per heavy atom. The van der Waals surface area contributed by atoms with Crippen LogP contribution in [-0.4, -0.2) is 25.5 Å². The molecule has 27 heavy (non-hydrogen) atoms. The Morgan fingerprint density at radius 2 is 1.67 bits per heavy atom. The second-order valence-electron chi connectivity index (χ2n) is 9.99. The molecule has 0 aliphatic carbocycles. The van der Waals surface area contributed by atoms with Gasteiger partial charge in [-0.3, -0.25) is 4.79 Å². The van der Waals surface area contributed by atoms with Crippen LogP contribution in [0.5, 0.6) is 0 Å². The standard InChI is InChI=1S/C23H44O3Si/c1-12-18(4)21(26-27(10,11)23(7,8)9)19(5)14-16(2)13-17(3)15-20(6)22(24)25/h12,14,17,19-21H,13,15H2,1-11H3,(H,24,25)/b16-14+,18-12+/t17-,19+,20+,21-/m0/s1. The third-order valence-corrected chi connectivity index (χ3v) is 10.5. The van der Waals surface area contributed by atoms with Crippen molar-refractivity contribution >= 4 is 14.3 Å². The Balaban J connectivity index is 5.26. The second kappa shape index (κ2) is 10.6. The highest BCUT2D eigenvalue weighted by atomic mass is 28.4. The van der Waals surface area contributed by atoms with Crippen molar-refractivity contribution in [3.63, 3.8) is 0 Å². The molecule has 4 heteroatoms. The smallest absolute Gasteiger partial charge is 0.306 e. The van der Waals surface area contributed by atoms with E-state index in [1.165, 1.54) is 11.1 Å². The van der Waals surface area contributed by atoms with Gasteiger partial charge in [0.25, 0.3) is 0 Å². The molecule has 0 heterocycles. The summed E-state index contributed by atoms with van der Waals surface area (Å²) >= 11 is 0. The summed E-state index contributed by atoms with van der Waals surface area (Å²) in [5, 5.41) is 9.29. The summed E-state index contributed by atoms with van der Waals surface area (Å²) in [5.41, 5.74) is 2.60. The first-order chi connectivity index (χ1) is 12.1. The van der Waals surface area contributed by atoms with E-state index in [9.17, 15) is 4.79 Å². The molecule has 0 bridgehead atoms. The summed E-state index contributed by atoms with van der Waals surface area (Å²) in [6.07, 6.45) is 6.23. The van der Waals surface area contributed by atoms with E-state index in [0.29, 0.717) is 18.3 Å². The number of carboxylic acids is 1. The van der Waals surface area contributed by atoms with E-state index in [1.54, 1.807) is 6.92 Å². The van der Waals surface area contributed by atoms with Gasteiger partial charge in [-0.25, -0.2) is 0 Å². The van der Waals surface area contributed by atoms with Crippen LogP contribution >= 0.6 is 0 Å². The van der Waals surface area contributed by atoms with Crippen molar-refractivity contribution in [3.8, 4) is 0 Å². The van der Waals surface area contributed by atoms with Crippen LogP contribution in [0.15, 0.2) is 23.3 Å². The third-order valence-electron chi connectivity index (χ3n) is 6.00. The molecule has 0 amide bonds. The highest BCUT2D eigenvalue weighted by Crippen LogP contribution is 2.39. The number of hydrogen-bond donors (Lipinski definition) is 1. The predicted octanol–water partition coefficient (Wildman–Crippen LogP) is 7.06. The number of rotatable bonds is 10. The summed E-state index contributed by atoms with van der Waals surface area (Å²) in [4.78, 5) is 11.1. The van der Waals surface area contributed by atoms with Gasteiger partial charge in [0.15, 0.2) is 8.32 Å². The van der Waals surface area contributed by atoms with Crippen LogP contribution in [0.3, 0.4) is 0 Å². The van der Waals surface area contributed by atoms with E-state index < -0.39 is 14.3 Å². The average Bonchev–Trinajstić information content (AvgIpc) is 2.49. The molecule has 0 saturated heterocycles. The van der Waals surface area contributed by atoms with Gasteiger partial charge in [-0.1, -0.05) is 59.3 Å². The molecule has 1 N–H and O–H groups in total. The van der Waals surface area contributed by atoms with Gasteiger partial charge in [-0.2, -0.15) is 0 Å². The zero-order chi connectivity index (χ0) is 21.6. The van der Waals surface area contributed by atoms with E-state index in [0.717, 1.165) is 6.42 Å². The van der Waals surface area contributed by atoms with Crippen LogP contribution in [0.2, 0.25) is 18.1 Å². The van der Waals surface area contributed by atoms with Crippen molar-refractivity contribution in [2.45, 2.75) is 99.4 Å². The van der Waals surface area contributed by atoms with Crippen LogP contribution < -0.4 is 0 Å². The van der Waals surface area contributed by atoms with Gasteiger partial charge in [0.1, 0.15) is 0 Å². The first-order valence-electron chi connectivity index (χ1n) is 10.3. The van der Waals surface area contributed by atoms with E-state index in [4.69, 9.17) is 9.53 Å². The van der Waals surface area contributed by atoms with Crippen molar-refractivity contribution in [2.24, 2.45) is 17.8 Å². The first-order valence-corrected chi connectivity index (χ1v) is 13.2. The summed E-state index contributed by atoms with van der Waals surface area (Å²) in [6, 6.07) is 0. The van der Waals surface area contributed by atoms with Crippen molar-refractivity contribution in [1.82, 2.24) is 0 Å². The number of carboxylic acid groups (broad SMARTS) is 1. The van der Waals surface area contributed by atoms with Gasteiger partial charge in [0.05, 0.1) is 12.0 Å². The average molecular weight is 397 g/mol. The summed E-state index contributed by atoms with van der Waals surface area (Å²) < 4.78 is 6.77. The maximum atomic E-state index is 11.1. The monoisotopic (exact) mass is 396 g/mol. The van der Waals surface area contributed by atoms with Crippen molar-refractivity contribution in [3.05, 3.63) is 23.3 Å². The fourth-order valence-corrected chi connectivity index (χ4v) is 4.60. The molecular formula is C23H44O3Si. The van der Waals surface area contributed by atoms with Gasteiger partial charge < -0.3 is 9.53 Å². The molecule has 158 valence electrons. The summed E-state index contributed by atoms with van der Waals surface area (Å²) in [6.45, 7) is 24.0. The fourth-order valence-electron chi connectivity index (χ4n) is 3.21. The lowest BCUT2D eigenvalue weighted by Crippen LogP contribution is -2.45. The predicted molar refractivity (Wildman–Crippen MR) is 120 cm³/mol. The minimum Gasteiger partial charge on any atom is -0.481 e. The summed E-state index contributed by atoms with van der Waals surface area (Å²) in [7, 11) is -1.86. The molecule has 0 fully saturated rings. The lowest BCUT2D eigenvalue weighted by Gasteiger charge is -2.41. The van der Waals surface area contributed by atoms with Gasteiger partial charge in [0, 0.05) is 5.92 Å². The molecular weight excluding hydrogens is 352 g/mol. The Bertz CT molecular complexity index is 540. The van der Waals surface area contributed by atoms with Crippen molar-refractivity contribution in [2.75, 3.05) is 0 Å². The Labute approximate surface area is 169 Å². The minimum absolute atomic E-state index is 0.0964. The van der Waals surface area contributed by atoms with Crippen molar-refractivity contribution in [1.29, 1.82) is 0 Å². The number of carbonyl (C=O) groups is 1. The molecule has 0 spiro atoms. The minimum atomic E-state index is -1.86. The lowest BCUT2D eigenvalue weighted by atomic mass is 9.89. The van der Waals surface area contributed by atoms with E-state index in [-0.39, 0.29) is 17.1 Å². The lowest BCUT2D eigenvalue weighted by molar-refractivity contribution is -0.141. The molecule has 3 nitrogen and oxygen atoms in total. The van der Waals surface area contributed by atoms with Gasteiger partial charge in [-0.05, 0) is 63.2 Å². The summed E-state index contributed by atoms with van der Waals surface area (Å²) in [5.74, 6) is -0.338. The number of allylic oxidation sites excluding steroid dienone is 2. The largest absolute Gasteiger partial charge is 0.481 e. The zero-order valence-corrected chi connectivity index (χ0v) is 20.6. The molecule has 0 rings (SSSR count). The quantitative estimate of drug-likeness (QED) is 0.317. The Kier molecular flexibility index (Phi) is 10.3. The van der Waals surface area contributed by atoms with Gasteiger partial charge in [-0.15, -0.1) is 0 Å². The van der Waals surface area contributed by atoms with Crippen LogP contribution in [0.25, 0.3) is 0 Å². The molecule has 0 aliphatic heterocycles. The molecule has 0 radical (unpaired) electrons. The van der Waals surface area contributed by atoms with E-state index in [2.05, 4.69) is 80.6 Å². The van der Waals surface area contributed by atoms with E-state index in [1.807, 2.05) is 0 Å². The topological polar surface area (TPSA) is 46.5 Å². The molecule has 0 aliphatic rings. The molecule has 0 saturated carbocycles. The highest BCUT2D eigenvalue weighted by Gasteiger charge is 2.40. The fraction of sp³-hybridized carbons (Fsp3) is 0.783. The Hall–Kier alpha value is -0.873. The highest BCUT2D eigenvalue weighted by molar-refractivity contribution is 6.74. The SMILES string of the molecule is C/C=C(\C)[C@H](O[Si](C)(C)C(C)(C)C)[C@H](C)/C=C(\C)C[C@H](C)C[C@@H](C)C(=O)O. The number of hydrogen-bond acceptors (Lipinski definition) is 2. The van der Waals surface area contributed by atoms with Crippen LogP contribution in [0.4, 0.5) is 0 Å². The first kappa shape index (κ1) is 26.1. The zero-order valence-electron chi connectivity index (χ0n) is 19.6. The molecule has 0 aromatic carbocycles. The Morgan fingerprint density at radius 1 is 1.15 bits per heavy atom. The van der Waals surface area contributed by atoms with E-state index >= 15 is 0 Å². The second-order valence-corrected chi connectivity index (χ2v) is 14.7. The molecule has 0 aromatic heterocycles.